The molecule has 0 saturated carbocycles. The van der Waals surface area contributed by atoms with E-state index in [0.717, 1.165) is 17.4 Å². The number of rotatable bonds is 3. The van der Waals surface area contributed by atoms with Crippen molar-refractivity contribution in [3.63, 3.8) is 0 Å². The zero-order valence-corrected chi connectivity index (χ0v) is 17.9. The molecular formula is C13H32ClN5O4S2. The van der Waals surface area contributed by atoms with Gasteiger partial charge in [0.1, 0.15) is 0 Å². The van der Waals surface area contributed by atoms with E-state index in [0.29, 0.717) is 13.1 Å². The van der Waals surface area contributed by atoms with E-state index in [1.54, 1.807) is 14.1 Å². The van der Waals surface area contributed by atoms with Crippen LogP contribution in [-0.4, -0.2) is 97.2 Å². The Kier molecular flexibility index (Phi) is 12.4. The highest BCUT2D eigenvalue weighted by molar-refractivity contribution is 8.11. The average molecular weight is 422 g/mol. The van der Waals surface area contributed by atoms with E-state index in [9.17, 15) is 16.8 Å². The molecule has 2 rings (SSSR count). The van der Waals surface area contributed by atoms with Gasteiger partial charge in [-0.2, -0.15) is 29.8 Å². The summed E-state index contributed by atoms with van der Waals surface area (Å²) in [5, 5.41) is 6.39. The summed E-state index contributed by atoms with van der Waals surface area (Å²) in [7, 11) is 3.99. The van der Waals surface area contributed by atoms with E-state index in [4.69, 9.17) is 10.7 Å². The van der Waals surface area contributed by atoms with Crippen molar-refractivity contribution in [2.75, 3.05) is 67.5 Å². The molecule has 0 spiro atoms. The molecule has 2 fully saturated rings. The maximum atomic E-state index is 11.5. The molecule has 0 bridgehead atoms. The van der Waals surface area contributed by atoms with Crippen molar-refractivity contribution in [1.82, 2.24) is 23.5 Å². The summed E-state index contributed by atoms with van der Waals surface area (Å²) in [5.74, 6) is 0. The lowest BCUT2D eigenvalue weighted by Crippen LogP contribution is -2.50. The minimum absolute atomic E-state index is 0.570. The van der Waals surface area contributed by atoms with Gasteiger partial charge in [-0.1, -0.05) is 6.42 Å². The maximum Gasteiger partial charge on any atom is 0.299 e. The predicted molar refractivity (Wildman–Crippen MR) is 102 cm³/mol. The number of hydrogen-bond donors (Lipinski definition) is 2. The van der Waals surface area contributed by atoms with Crippen molar-refractivity contribution in [2.24, 2.45) is 0 Å². The summed E-state index contributed by atoms with van der Waals surface area (Å²) in [6.45, 7) is 5.13. The first-order valence-corrected chi connectivity index (χ1v) is 11.9. The third-order valence-corrected chi connectivity index (χ3v) is 7.15. The molecule has 0 aromatic rings. The summed E-state index contributed by atoms with van der Waals surface area (Å²) in [6, 6.07) is 0. The first-order valence-electron chi connectivity index (χ1n) is 8.20. The fourth-order valence-electron chi connectivity index (χ4n) is 1.91. The molecular weight excluding hydrogens is 390 g/mol. The van der Waals surface area contributed by atoms with E-state index in [2.05, 4.69) is 10.6 Å². The van der Waals surface area contributed by atoms with Gasteiger partial charge in [-0.15, -0.1) is 0 Å². The monoisotopic (exact) mass is 421 g/mol. The predicted octanol–water partition coefficient (Wildman–Crippen LogP) is -0.510. The Morgan fingerprint density at radius 1 is 0.760 bits per heavy atom. The SMILES string of the molecule is C1CCNCC1.CN(C)S(=O)(=O)Cl.CN(C)S(=O)(=O)N1CCNCC1. The lowest BCUT2D eigenvalue weighted by atomic mass is 10.2. The second-order valence-corrected chi connectivity index (χ2v) is 10.8. The highest BCUT2D eigenvalue weighted by Crippen LogP contribution is 2.04. The van der Waals surface area contributed by atoms with Gasteiger partial charge in [-0.25, -0.2) is 0 Å². The number of hydrogen-bond acceptors (Lipinski definition) is 6. The largest absolute Gasteiger partial charge is 0.317 e. The summed E-state index contributed by atoms with van der Waals surface area (Å²) >= 11 is 0. The molecule has 0 aliphatic carbocycles. The fraction of sp³-hybridized carbons (Fsp3) is 1.00. The van der Waals surface area contributed by atoms with Crippen LogP contribution in [0.4, 0.5) is 0 Å². The van der Waals surface area contributed by atoms with E-state index in [-0.39, 0.29) is 0 Å². The third kappa shape index (κ3) is 11.3. The topological polar surface area (TPSA) is 102 Å². The van der Waals surface area contributed by atoms with Gasteiger partial charge >= 0.3 is 0 Å². The summed E-state index contributed by atoms with van der Waals surface area (Å²) < 4.78 is 46.7. The minimum Gasteiger partial charge on any atom is -0.317 e. The standard InChI is InChI=1S/C6H15N3O2S.C5H11N.C2H6ClNO2S/c1-8(2)12(10,11)9-5-3-7-4-6-9;1-2-4-6-5-3-1;1-4(2)7(3,5)6/h7H,3-6H2,1-2H3;6H,1-5H2;1-2H3. The van der Waals surface area contributed by atoms with Gasteiger partial charge in [-0.3, -0.25) is 0 Å². The van der Waals surface area contributed by atoms with Crippen molar-refractivity contribution in [3.8, 4) is 0 Å². The Morgan fingerprint density at radius 3 is 1.40 bits per heavy atom. The molecule has 152 valence electrons. The van der Waals surface area contributed by atoms with E-state index in [1.807, 2.05) is 0 Å². The number of nitrogens with zero attached hydrogens (tertiary/aromatic N) is 3. The zero-order valence-electron chi connectivity index (χ0n) is 15.5. The Bertz CT molecular complexity index is 533. The van der Waals surface area contributed by atoms with Crippen molar-refractivity contribution < 1.29 is 16.8 Å². The van der Waals surface area contributed by atoms with Crippen LogP contribution in [0, 0.1) is 0 Å². The molecule has 0 unspecified atom stereocenters. The molecule has 2 aliphatic heterocycles. The Morgan fingerprint density at radius 2 is 1.16 bits per heavy atom. The molecule has 0 radical (unpaired) electrons. The molecule has 0 atom stereocenters. The Balaban J connectivity index is 0.000000377. The molecule has 0 aromatic carbocycles. The van der Waals surface area contributed by atoms with Crippen molar-refractivity contribution in [2.45, 2.75) is 19.3 Å². The number of nitrogens with one attached hydrogen (secondary N) is 2. The van der Waals surface area contributed by atoms with Crippen LogP contribution >= 0.6 is 10.7 Å². The first-order chi connectivity index (χ1) is 11.5. The van der Waals surface area contributed by atoms with Crippen molar-refractivity contribution in [1.29, 1.82) is 0 Å². The highest BCUT2D eigenvalue weighted by Gasteiger charge is 2.25. The summed E-state index contributed by atoms with van der Waals surface area (Å²) in [5.41, 5.74) is 0. The summed E-state index contributed by atoms with van der Waals surface area (Å²) in [6.07, 6.45) is 4.22. The van der Waals surface area contributed by atoms with Gasteiger partial charge in [0.25, 0.3) is 19.4 Å². The molecule has 2 N–H and O–H groups in total. The van der Waals surface area contributed by atoms with Gasteiger partial charge in [0.05, 0.1) is 0 Å². The minimum atomic E-state index is -3.44. The zero-order chi connectivity index (χ0) is 19.5. The fourth-order valence-corrected chi connectivity index (χ4v) is 3.01. The molecule has 2 aliphatic rings. The van der Waals surface area contributed by atoms with E-state index in [1.165, 1.54) is 55.1 Å². The van der Waals surface area contributed by atoms with Crippen LogP contribution in [0.15, 0.2) is 0 Å². The first kappa shape index (κ1) is 25.0. The molecule has 25 heavy (non-hydrogen) atoms. The van der Waals surface area contributed by atoms with E-state index >= 15 is 0 Å². The lowest BCUT2D eigenvalue weighted by molar-refractivity contribution is 0.336. The summed E-state index contributed by atoms with van der Waals surface area (Å²) in [4.78, 5) is 0. The van der Waals surface area contributed by atoms with Crippen molar-refractivity contribution >= 4 is 30.1 Å². The van der Waals surface area contributed by atoms with Gasteiger partial charge in [0, 0.05) is 65.1 Å². The number of piperidine rings is 1. The van der Waals surface area contributed by atoms with Crippen LogP contribution in [0.5, 0.6) is 0 Å². The average Bonchev–Trinajstić information content (AvgIpc) is 2.57. The smallest absolute Gasteiger partial charge is 0.299 e. The quantitative estimate of drug-likeness (QED) is 0.595. The maximum absolute atomic E-state index is 11.5. The van der Waals surface area contributed by atoms with Crippen LogP contribution in [0.3, 0.4) is 0 Å². The van der Waals surface area contributed by atoms with E-state index < -0.39 is 19.4 Å². The Hall–Kier alpha value is -0.0100. The van der Waals surface area contributed by atoms with Gasteiger partial charge < -0.3 is 10.6 Å². The van der Waals surface area contributed by atoms with Crippen LogP contribution < -0.4 is 10.6 Å². The van der Waals surface area contributed by atoms with Gasteiger partial charge in [-0.05, 0) is 25.9 Å². The third-order valence-electron chi connectivity index (χ3n) is 3.51. The molecule has 0 aromatic heterocycles. The lowest BCUT2D eigenvalue weighted by Gasteiger charge is -2.28. The molecule has 0 amide bonds. The molecule has 2 heterocycles. The van der Waals surface area contributed by atoms with Gasteiger partial charge in [0.15, 0.2) is 0 Å². The van der Waals surface area contributed by atoms with Crippen LogP contribution in [0.1, 0.15) is 19.3 Å². The van der Waals surface area contributed by atoms with Crippen LogP contribution in [-0.2, 0) is 19.4 Å². The molecule has 2 saturated heterocycles. The normalized spacial score (nSPS) is 19.6. The number of halogens is 1. The number of piperazine rings is 1. The molecule has 12 heteroatoms. The Labute approximate surface area is 157 Å². The van der Waals surface area contributed by atoms with Crippen molar-refractivity contribution in [3.05, 3.63) is 0 Å². The van der Waals surface area contributed by atoms with Crippen LogP contribution in [0.2, 0.25) is 0 Å². The molecule has 9 nitrogen and oxygen atoms in total. The second-order valence-electron chi connectivity index (χ2n) is 5.97. The highest BCUT2D eigenvalue weighted by atomic mass is 35.7. The van der Waals surface area contributed by atoms with Gasteiger partial charge in [0.2, 0.25) is 0 Å². The van der Waals surface area contributed by atoms with Crippen LogP contribution in [0.25, 0.3) is 0 Å². The second kappa shape index (κ2) is 12.4.